The van der Waals surface area contributed by atoms with Gasteiger partial charge in [-0.15, -0.1) is 16.7 Å². The lowest BCUT2D eigenvalue weighted by Crippen LogP contribution is -2.35. The molecule has 0 fully saturated rings. The van der Waals surface area contributed by atoms with E-state index in [1.165, 1.54) is 24.6 Å². The molecule has 13 nitrogen and oxygen atoms in total. The van der Waals surface area contributed by atoms with Gasteiger partial charge in [-0.3, -0.25) is 9.59 Å². The van der Waals surface area contributed by atoms with Gasteiger partial charge in [0.05, 0.1) is 18.6 Å². The molecule has 2 aromatic carbocycles. The first kappa shape index (κ1) is 26.0. The third-order valence-electron chi connectivity index (χ3n) is 5.65. The molecule has 5 aromatic rings. The maximum absolute atomic E-state index is 13.0. The zero-order valence-corrected chi connectivity index (χ0v) is 21.9. The highest BCUT2D eigenvalue weighted by atomic mass is 35.5. The molecule has 0 aliphatic carbocycles. The summed E-state index contributed by atoms with van der Waals surface area (Å²) in [5.41, 5.74) is 1.24. The minimum atomic E-state index is -0.601. The van der Waals surface area contributed by atoms with Crippen molar-refractivity contribution >= 4 is 68.8 Å². The fourth-order valence-corrected chi connectivity index (χ4v) is 4.16. The zero-order chi connectivity index (χ0) is 27.5. The van der Waals surface area contributed by atoms with Gasteiger partial charge in [0.15, 0.2) is 11.3 Å². The number of benzene rings is 2. The Morgan fingerprint density at radius 3 is 2.72 bits per heavy atom. The molecule has 15 heteroatoms. The van der Waals surface area contributed by atoms with Crippen molar-refractivity contribution in [2.75, 3.05) is 30.1 Å². The minimum absolute atomic E-state index is 0.0163. The number of alkyl halides is 1. The third-order valence-corrected chi connectivity index (χ3v) is 6.05. The first-order valence-electron chi connectivity index (χ1n) is 11.5. The number of aromatic nitrogens is 7. The molecule has 5 rings (SSSR count). The van der Waals surface area contributed by atoms with Gasteiger partial charge in [-0.2, -0.15) is 4.68 Å². The third kappa shape index (κ3) is 5.49. The summed E-state index contributed by atoms with van der Waals surface area (Å²) in [5, 5.41) is 14.9. The number of hydrogen-bond acceptors (Lipinski definition) is 9. The summed E-state index contributed by atoms with van der Waals surface area (Å²) in [7, 11) is 1.44. The molecule has 2 amide bonds. The number of likely N-dealkylation sites (N-methyl/N-ethyl adjacent to an activating group) is 1. The van der Waals surface area contributed by atoms with Crippen LogP contribution in [0.25, 0.3) is 16.6 Å². The molecule has 0 radical (unpaired) electrons. The average Bonchev–Trinajstić information content (AvgIpc) is 3.35. The Bertz CT molecular complexity index is 1770. The molecular weight excluding hydrogens is 547 g/mol. The average molecular weight is 567 g/mol. The Morgan fingerprint density at radius 1 is 1.08 bits per heavy atom. The number of halogens is 2. The van der Waals surface area contributed by atoms with E-state index >= 15 is 0 Å². The smallest absolute Gasteiger partial charge is 0.340 e. The van der Waals surface area contributed by atoms with E-state index in [4.69, 9.17) is 23.2 Å². The Kier molecular flexibility index (Phi) is 7.34. The highest BCUT2D eigenvalue weighted by Crippen LogP contribution is 2.27. The molecule has 0 aliphatic heterocycles. The topological polar surface area (TPSA) is 152 Å². The van der Waals surface area contributed by atoms with Crippen molar-refractivity contribution < 1.29 is 9.59 Å². The van der Waals surface area contributed by atoms with Gasteiger partial charge in [0, 0.05) is 34.7 Å². The zero-order valence-electron chi connectivity index (χ0n) is 20.4. The standard InChI is InChI=1S/C24H20Cl2N10O3/c1-34(23(38)20-22-32-33-36(8-7-25)24(39)35(22)13-29-20)11-19(37)30-16-5-6-18-17(10-16)21(28-12-27-18)31-15-4-2-3-14(26)9-15/h2-6,9-10,12-13H,7-8,11H2,1H3,(H,30,37)(H,27,28,31). The van der Waals surface area contributed by atoms with Gasteiger partial charge in [0.2, 0.25) is 5.91 Å². The van der Waals surface area contributed by atoms with Gasteiger partial charge in [-0.1, -0.05) is 22.9 Å². The summed E-state index contributed by atoms with van der Waals surface area (Å²) >= 11 is 11.8. The van der Waals surface area contributed by atoms with Crippen molar-refractivity contribution in [1.82, 2.24) is 39.2 Å². The number of hydrogen-bond donors (Lipinski definition) is 2. The van der Waals surface area contributed by atoms with Gasteiger partial charge >= 0.3 is 5.69 Å². The Labute approximate surface area is 230 Å². The number of amides is 2. The van der Waals surface area contributed by atoms with Crippen LogP contribution in [0, 0.1) is 0 Å². The highest BCUT2D eigenvalue weighted by molar-refractivity contribution is 6.30. The molecule has 0 unspecified atom stereocenters. The lowest BCUT2D eigenvalue weighted by atomic mass is 10.2. The molecule has 3 aromatic heterocycles. The number of fused-ring (bicyclic) bond motifs is 2. The SMILES string of the molecule is CN(CC(=O)Nc1ccc2ncnc(Nc3cccc(Cl)c3)c2c1)C(=O)c1ncn2c(=O)n(CCCl)nnc12. The van der Waals surface area contributed by atoms with E-state index in [2.05, 4.69) is 35.9 Å². The molecule has 2 N–H and O–H groups in total. The molecule has 0 saturated carbocycles. The van der Waals surface area contributed by atoms with Crippen LogP contribution in [-0.4, -0.2) is 70.5 Å². The fraction of sp³-hybridized carbons (Fsp3) is 0.167. The van der Waals surface area contributed by atoms with Crippen molar-refractivity contribution in [3.8, 4) is 0 Å². The molecule has 0 bridgehead atoms. The lowest BCUT2D eigenvalue weighted by Gasteiger charge is -2.16. The molecule has 0 saturated heterocycles. The number of carbonyl (C=O) groups is 2. The number of rotatable bonds is 8. The molecule has 39 heavy (non-hydrogen) atoms. The van der Waals surface area contributed by atoms with Crippen LogP contribution in [-0.2, 0) is 11.3 Å². The Morgan fingerprint density at radius 2 is 1.92 bits per heavy atom. The van der Waals surface area contributed by atoms with E-state index in [1.807, 2.05) is 12.1 Å². The van der Waals surface area contributed by atoms with E-state index in [1.54, 1.807) is 30.3 Å². The van der Waals surface area contributed by atoms with Crippen molar-refractivity contribution in [1.29, 1.82) is 0 Å². The first-order chi connectivity index (χ1) is 18.8. The number of carbonyl (C=O) groups excluding carboxylic acids is 2. The predicted octanol–water partition coefficient (Wildman–Crippen LogP) is 2.58. The van der Waals surface area contributed by atoms with Gasteiger partial charge in [0.25, 0.3) is 5.91 Å². The number of anilines is 3. The molecule has 0 aliphatic rings. The summed E-state index contributed by atoms with van der Waals surface area (Å²) in [5.74, 6) is -0.354. The molecular formula is C24H20Cl2N10O3. The van der Waals surface area contributed by atoms with Crippen molar-refractivity contribution in [2.24, 2.45) is 0 Å². The summed E-state index contributed by atoms with van der Waals surface area (Å²) in [6.45, 7) is -0.129. The van der Waals surface area contributed by atoms with E-state index in [9.17, 15) is 14.4 Å². The number of imidazole rings is 1. The normalized spacial score (nSPS) is 11.1. The quantitative estimate of drug-likeness (QED) is 0.270. The Hall–Kier alpha value is -4.62. The molecule has 0 spiro atoms. The second kappa shape index (κ2) is 11.0. The van der Waals surface area contributed by atoms with Gasteiger partial charge in [-0.05, 0) is 36.4 Å². The summed E-state index contributed by atoms with van der Waals surface area (Å²) in [6, 6.07) is 12.4. The van der Waals surface area contributed by atoms with Crippen LogP contribution in [0.15, 0.2) is 59.9 Å². The molecule has 3 heterocycles. The van der Waals surface area contributed by atoms with E-state index in [0.29, 0.717) is 27.4 Å². The monoisotopic (exact) mass is 566 g/mol. The van der Waals surface area contributed by atoms with Gasteiger partial charge in [-0.25, -0.2) is 24.1 Å². The maximum Gasteiger partial charge on any atom is 0.353 e. The highest BCUT2D eigenvalue weighted by Gasteiger charge is 2.22. The summed E-state index contributed by atoms with van der Waals surface area (Å²) in [4.78, 5) is 52.0. The van der Waals surface area contributed by atoms with E-state index in [-0.39, 0.29) is 30.3 Å². The van der Waals surface area contributed by atoms with Gasteiger partial charge in [0.1, 0.15) is 18.5 Å². The van der Waals surface area contributed by atoms with Crippen LogP contribution in [0.5, 0.6) is 0 Å². The van der Waals surface area contributed by atoms with E-state index < -0.39 is 17.5 Å². The molecule has 0 atom stereocenters. The van der Waals surface area contributed by atoms with Crippen molar-refractivity contribution in [2.45, 2.75) is 6.54 Å². The van der Waals surface area contributed by atoms with Crippen LogP contribution < -0.4 is 16.3 Å². The second-order valence-corrected chi connectivity index (χ2v) is 9.18. The summed E-state index contributed by atoms with van der Waals surface area (Å²) in [6.07, 6.45) is 2.62. The number of nitrogens with zero attached hydrogens (tertiary/aromatic N) is 8. The minimum Gasteiger partial charge on any atom is -0.340 e. The van der Waals surface area contributed by atoms with Crippen LogP contribution in [0.1, 0.15) is 10.5 Å². The van der Waals surface area contributed by atoms with Gasteiger partial charge < -0.3 is 15.5 Å². The number of nitrogens with one attached hydrogen (secondary N) is 2. The largest absolute Gasteiger partial charge is 0.353 e. The first-order valence-corrected chi connectivity index (χ1v) is 12.4. The maximum atomic E-state index is 13.0. The second-order valence-electron chi connectivity index (χ2n) is 8.37. The molecule has 198 valence electrons. The fourth-order valence-electron chi connectivity index (χ4n) is 3.81. The van der Waals surface area contributed by atoms with Crippen molar-refractivity contribution in [3.05, 3.63) is 76.3 Å². The number of aryl methyl sites for hydroxylation is 1. The lowest BCUT2D eigenvalue weighted by molar-refractivity contribution is -0.116. The predicted molar refractivity (Wildman–Crippen MR) is 146 cm³/mol. The van der Waals surface area contributed by atoms with Crippen LogP contribution in [0.3, 0.4) is 0 Å². The van der Waals surface area contributed by atoms with E-state index in [0.717, 1.165) is 14.8 Å². The van der Waals surface area contributed by atoms with Crippen LogP contribution in [0.2, 0.25) is 5.02 Å². The Balaban J connectivity index is 1.31. The van der Waals surface area contributed by atoms with Crippen LogP contribution >= 0.6 is 23.2 Å². The summed E-state index contributed by atoms with van der Waals surface area (Å²) < 4.78 is 2.17. The van der Waals surface area contributed by atoms with Crippen molar-refractivity contribution in [3.63, 3.8) is 0 Å². The van der Waals surface area contributed by atoms with Crippen LogP contribution in [0.4, 0.5) is 17.2 Å².